The van der Waals surface area contributed by atoms with Crippen LogP contribution in [0, 0.1) is 10.8 Å². The minimum absolute atomic E-state index is 0.0207. The Morgan fingerprint density at radius 2 is 2.00 bits per heavy atom. The lowest BCUT2D eigenvalue weighted by Gasteiger charge is -2.47. The van der Waals surface area contributed by atoms with Gasteiger partial charge in [0.25, 0.3) is 5.91 Å². The second-order valence-corrected chi connectivity index (χ2v) is 9.28. The van der Waals surface area contributed by atoms with Crippen molar-refractivity contribution in [1.29, 1.82) is 0 Å². The first-order chi connectivity index (χ1) is 13.5. The molecular weight excluding hydrogens is 374 g/mol. The van der Waals surface area contributed by atoms with Crippen molar-refractivity contribution in [3.63, 3.8) is 0 Å². The van der Waals surface area contributed by atoms with E-state index in [0.29, 0.717) is 12.5 Å². The van der Waals surface area contributed by atoms with E-state index in [4.69, 9.17) is 4.74 Å². The van der Waals surface area contributed by atoms with Gasteiger partial charge in [-0.15, -0.1) is 0 Å². The van der Waals surface area contributed by atoms with Crippen LogP contribution in [0.25, 0.3) is 0 Å². The molecule has 0 aliphatic carbocycles. The molecule has 3 aliphatic heterocycles. The molecule has 3 aliphatic rings. The summed E-state index contributed by atoms with van der Waals surface area (Å²) in [4.78, 5) is 32.7. The van der Waals surface area contributed by atoms with Crippen LogP contribution in [0.2, 0.25) is 0 Å². The lowest BCUT2D eigenvalue weighted by atomic mass is 9.60. The van der Waals surface area contributed by atoms with E-state index in [0.717, 1.165) is 70.6 Å². The number of hydrogen-bond donors (Lipinski definition) is 0. The van der Waals surface area contributed by atoms with E-state index in [2.05, 4.69) is 11.8 Å². The van der Waals surface area contributed by atoms with Gasteiger partial charge in [0.15, 0.2) is 0 Å². The molecule has 0 N–H and O–H groups in total. The van der Waals surface area contributed by atoms with Crippen molar-refractivity contribution >= 4 is 23.2 Å². The number of rotatable bonds is 5. The normalized spacial score (nSPS) is 27.4. The quantitative estimate of drug-likeness (QED) is 0.753. The number of nitrogens with zero attached hydrogens (tertiary/aromatic N) is 3. The summed E-state index contributed by atoms with van der Waals surface area (Å²) < 4.78 is 5.30. The zero-order chi connectivity index (χ0) is 19.8. The Balaban J connectivity index is 1.54. The molecule has 0 aromatic carbocycles. The van der Waals surface area contributed by atoms with Crippen LogP contribution in [-0.4, -0.2) is 86.0 Å². The molecule has 0 radical (unpaired) electrons. The number of methoxy groups -OCH3 is 1. The molecule has 7 heteroatoms. The molecule has 3 fully saturated rings. The number of piperidine rings is 1. The van der Waals surface area contributed by atoms with Crippen LogP contribution >= 0.6 is 11.3 Å². The molecular formula is C21H31N3O3S. The molecule has 1 aromatic heterocycles. The molecule has 6 nitrogen and oxygen atoms in total. The Kier molecular flexibility index (Phi) is 5.51. The van der Waals surface area contributed by atoms with Crippen LogP contribution in [0.5, 0.6) is 0 Å². The van der Waals surface area contributed by atoms with E-state index in [-0.39, 0.29) is 16.7 Å². The molecule has 0 saturated carbocycles. The average molecular weight is 406 g/mol. The molecule has 3 saturated heterocycles. The predicted molar refractivity (Wildman–Crippen MR) is 110 cm³/mol. The van der Waals surface area contributed by atoms with Crippen molar-refractivity contribution in [3.05, 3.63) is 22.4 Å². The van der Waals surface area contributed by atoms with E-state index >= 15 is 0 Å². The Hall–Kier alpha value is -1.44. The Labute approximate surface area is 171 Å². The fourth-order valence-corrected chi connectivity index (χ4v) is 6.31. The first-order valence-electron chi connectivity index (χ1n) is 10.4. The number of fused-ring (bicyclic) bond motifs is 1. The van der Waals surface area contributed by atoms with Gasteiger partial charge in [-0.25, -0.2) is 0 Å². The lowest BCUT2D eigenvalue weighted by Crippen LogP contribution is -2.53. The number of carbonyl (C=O) groups excluding carboxylic acids is 2. The van der Waals surface area contributed by atoms with E-state index in [1.165, 1.54) is 0 Å². The van der Waals surface area contributed by atoms with Crippen LogP contribution in [0.1, 0.15) is 36.5 Å². The summed E-state index contributed by atoms with van der Waals surface area (Å²) in [6.07, 6.45) is 2.77. The van der Waals surface area contributed by atoms with Gasteiger partial charge in [0.1, 0.15) is 0 Å². The van der Waals surface area contributed by atoms with Gasteiger partial charge in [0.2, 0.25) is 5.91 Å². The minimum atomic E-state index is -0.283. The highest BCUT2D eigenvalue weighted by molar-refractivity contribution is 7.08. The number of likely N-dealkylation sites (tertiary alicyclic amines) is 3. The Morgan fingerprint density at radius 1 is 1.21 bits per heavy atom. The summed E-state index contributed by atoms with van der Waals surface area (Å²) in [5.41, 5.74) is 0.486. The Morgan fingerprint density at radius 3 is 2.61 bits per heavy atom. The van der Waals surface area contributed by atoms with Crippen molar-refractivity contribution in [2.24, 2.45) is 10.8 Å². The van der Waals surface area contributed by atoms with Gasteiger partial charge >= 0.3 is 0 Å². The molecule has 1 aromatic rings. The number of ether oxygens (including phenoxy) is 1. The van der Waals surface area contributed by atoms with Gasteiger partial charge in [-0.3, -0.25) is 14.5 Å². The highest BCUT2D eigenvalue weighted by Crippen LogP contribution is 2.57. The third-order valence-corrected chi connectivity index (χ3v) is 7.99. The van der Waals surface area contributed by atoms with Crippen molar-refractivity contribution in [2.75, 3.05) is 59.5 Å². The SMILES string of the molecule is CCN1CCC2(CN(CCOC)CC23CCN(C(=O)c2ccsc2)CC3)C1=O. The van der Waals surface area contributed by atoms with Gasteiger partial charge < -0.3 is 14.5 Å². The lowest BCUT2D eigenvalue weighted by molar-refractivity contribution is -0.141. The smallest absolute Gasteiger partial charge is 0.254 e. The standard InChI is InChI=1S/C21H31N3O3S/c1-3-23-10-7-21(19(23)26)16-22(11-12-27-2)15-20(21)5-8-24(9-6-20)18(25)17-4-13-28-14-17/h4,13-14H,3,5-12,15-16H2,1-2H3. The fourth-order valence-electron chi connectivity index (χ4n) is 5.68. The van der Waals surface area contributed by atoms with E-state index < -0.39 is 0 Å². The number of thiophene rings is 1. The summed E-state index contributed by atoms with van der Waals surface area (Å²) in [6, 6.07) is 1.90. The molecule has 2 amide bonds. The molecule has 28 heavy (non-hydrogen) atoms. The van der Waals surface area contributed by atoms with Gasteiger partial charge in [0, 0.05) is 63.7 Å². The van der Waals surface area contributed by atoms with E-state index in [9.17, 15) is 9.59 Å². The van der Waals surface area contributed by atoms with Crippen molar-refractivity contribution in [3.8, 4) is 0 Å². The van der Waals surface area contributed by atoms with Crippen LogP contribution in [-0.2, 0) is 9.53 Å². The average Bonchev–Trinajstić information content (AvgIpc) is 3.42. The fraction of sp³-hybridized carbons (Fsp3) is 0.714. The van der Waals surface area contributed by atoms with Crippen LogP contribution < -0.4 is 0 Å². The molecule has 4 heterocycles. The summed E-state index contributed by atoms with van der Waals surface area (Å²) in [6.45, 7) is 8.57. The van der Waals surface area contributed by atoms with Gasteiger partial charge in [-0.05, 0) is 37.6 Å². The Bertz CT molecular complexity index is 714. The maximum atomic E-state index is 13.4. The van der Waals surface area contributed by atoms with Gasteiger partial charge in [-0.1, -0.05) is 0 Å². The third kappa shape index (κ3) is 3.08. The number of amides is 2. The maximum Gasteiger partial charge on any atom is 0.254 e. The summed E-state index contributed by atoms with van der Waals surface area (Å²) in [5.74, 6) is 0.472. The second kappa shape index (κ2) is 7.76. The first kappa shape index (κ1) is 19.9. The molecule has 1 unspecified atom stereocenters. The van der Waals surface area contributed by atoms with Crippen molar-refractivity contribution in [2.45, 2.75) is 26.2 Å². The zero-order valence-corrected chi connectivity index (χ0v) is 17.8. The molecule has 154 valence electrons. The van der Waals surface area contributed by atoms with Crippen LogP contribution in [0.4, 0.5) is 0 Å². The van der Waals surface area contributed by atoms with Crippen LogP contribution in [0.3, 0.4) is 0 Å². The topological polar surface area (TPSA) is 53.1 Å². The molecule has 0 bridgehead atoms. The predicted octanol–water partition coefficient (Wildman–Crippen LogP) is 2.17. The van der Waals surface area contributed by atoms with E-state index in [1.54, 1.807) is 18.4 Å². The highest BCUT2D eigenvalue weighted by atomic mass is 32.1. The monoisotopic (exact) mass is 405 g/mol. The first-order valence-corrected chi connectivity index (χ1v) is 11.3. The molecule has 2 spiro atoms. The van der Waals surface area contributed by atoms with E-state index in [1.807, 2.05) is 26.6 Å². The van der Waals surface area contributed by atoms with Gasteiger partial charge in [0.05, 0.1) is 17.6 Å². The summed E-state index contributed by atoms with van der Waals surface area (Å²) in [7, 11) is 1.73. The van der Waals surface area contributed by atoms with Crippen LogP contribution in [0.15, 0.2) is 16.8 Å². The largest absolute Gasteiger partial charge is 0.383 e. The summed E-state index contributed by atoms with van der Waals surface area (Å²) in [5, 5.41) is 3.88. The number of hydrogen-bond acceptors (Lipinski definition) is 5. The third-order valence-electron chi connectivity index (χ3n) is 7.31. The number of carbonyl (C=O) groups is 2. The van der Waals surface area contributed by atoms with Crippen molar-refractivity contribution in [1.82, 2.24) is 14.7 Å². The minimum Gasteiger partial charge on any atom is -0.383 e. The summed E-state index contributed by atoms with van der Waals surface area (Å²) >= 11 is 1.56. The molecule has 1 atom stereocenters. The zero-order valence-electron chi connectivity index (χ0n) is 17.0. The molecule has 4 rings (SSSR count). The van der Waals surface area contributed by atoms with Crippen molar-refractivity contribution < 1.29 is 14.3 Å². The second-order valence-electron chi connectivity index (χ2n) is 8.50. The maximum absolute atomic E-state index is 13.4. The highest BCUT2D eigenvalue weighted by Gasteiger charge is 2.64. The van der Waals surface area contributed by atoms with Gasteiger partial charge in [-0.2, -0.15) is 11.3 Å².